The third-order valence-electron chi connectivity index (χ3n) is 2.52. The maximum absolute atomic E-state index is 10.9. The minimum absolute atomic E-state index is 0.0134. The first-order valence-electron chi connectivity index (χ1n) is 4.63. The van der Waals surface area contributed by atoms with Crippen molar-refractivity contribution in [2.24, 2.45) is 5.73 Å². The molecule has 2 fully saturated rings. The Morgan fingerprint density at radius 1 is 1.20 bits per heavy atom. The molecule has 0 aromatic carbocycles. The van der Waals surface area contributed by atoms with Crippen molar-refractivity contribution in [3.63, 3.8) is 0 Å². The topological polar surface area (TPSA) is 100 Å². The van der Waals surface area contributed by atoms with Gasteiger partial charge in [-0.2, -0.15) is 0 Å². The van der Waals surface area contributed by atoms with E-state index in [1.807, 2.05) is 0 Å². The summed E-state index contributed by atoms with van der Waals surface area (Å²) in [6, 6.07) is 0. The quantitative estimate of drug-likeness (QED) is 0.583. The first-order valence-corrected chi connectivity index (χ1v) is 4.63. The molecule has 0 aromatic rings. The van der Waals surface area contributed by atoms with Crippen molar-refractivity contribution >= 4 is 5.97 Å². The fourth-order valence-corrected chi connectivity index (χ4v) is 1.77. The highest BCUT2D eigenvalue weighted by atomic mass is 16.8. The van der Waals surface area contributed by atoms with E-state index in [2.05, 4.69) is 0 Å². The molecule has 2 aliphatic heterocycles. The van der Waals surface area contributed by atoms with Crippen LogP contribution in [0, 0.1) is 0 Å². The van der Waals surface area contributed by atoms with Crippen LogP contribution in [0.5, 0.6) is 0 Å². The molecule has 0 amide bonds. The molecule has 0 radical (unpaired) electrons. The van der Waals surface area contributed by atoms with Crippen molar-refractivity contribution in [3.05, 3.63) is 0 Å². The summed E-state index contributed by atoms with van der Waals surface area (Å²) < 4.78 is 20.6. The predicted molar refractivity (Wildman–Crippen MR) is 45.9 cm³/mol. The molecule has 4 atom stereocenters. The molecule has 0 spiro atoms. The van der Waals surface area contributed by atoms with Crippen molar-refractivity contribution in [2.45, 2.75) is 24.4 Å². The highest BCUT2D eigenvalue weighted by Crippen LogP contribution is 2.25. The number of hydrogen-bond acceptors (Lipinski definition) is 6. The Morgan fingerprint density at radius 3 is 2.53 bits per heavy atom. The number of fused-ring (bicyclic) bond motifs is 1. The fourth-order valence-electron chi connectivity index (χ4n) is 1.77. The Hall–Kier alpha value is -0.730. The van der Waals surface area contributed by atoms with Gasteiger partial charge in [-0.3, -0.25) is 0 Å². The van der Waals surface area contributed by atoms with Gasteiger partial charge in [0.2, 0.25) is 0 Å². The van der Waals surface area contributed by atoms with Crippen LogP contribution >= 0.6 is 0 Å². The smallest absolute Gasteiger partial charge is 0.335 e. The van der Waals surface area contributed by atoms with Gasteiger partial charge in [0.15, 0.2) is 6.10 Å². The van der Waals surface area contributed by atoms with Crippen molar-refractivity contribution in [1.82, 2.24) is 0 Å². The zero-order valence-electron chi connectivity index (χ0n) is 8.00. The molecule has 2 saturated heterocycles. The maximum atomic E-state index is 10.9. The molecular weight excluding hydrogens is 206 g/mol. The number of aliphatic carboxylic acids is 1. The Balaban J connectivity index is 2.11. The van der Waals surface area contributed by atoms with Crippen LogP contribution in [0.3, 0.4) is 0 Å². The van der Waals surface area contributed by atoms with Crippen LogP contribution in [0.2, 0.25) is 0 Å². The van der Waals surface area contributed by atoms with Crippen molar-refractivity contribution in [1.29, 1.82) is 0 Å². The molecule has 7 nitrogen and oxygen atoms in total. The summed E-state index contributed by atoms with van der Waals surface area (Å²) in [7, 11) is 0. The number of hydrogen-bond donors (Lipinski definition) is 2. The van der Waals surface area contributed by atoms with Gasteiger partial charge in [-0.15, -0.1) is 0 Å². The minimum Gasteiger partial charge on any atom is -0.479 e. The Labute approximate surface area is 86.0 Å². The second-order valence-electron chi connectivity index (χ2n) is 3.36. The Bertz CT molecular complexity index is 247. The number of rotatable bonds is 2. The standard InChI is InChI=1S/C8H13NO6/c9-1-4-5-6(14-2-12-4)7(8(10)11)15-3-13-5/h4-7H,1-3,9H2,(H,10,11)/t4-,5-,6-,7-/m1/s1. The van der Waals surface area contributed by atoms with E-state index in [0.29, 0.717) is 0 Å². The summed E-state index contributed by atoms with van der Waals surface area (Å²) in [6.45, 7) is 0.192. The highest BCUT2D eigenvalue weighted by molar-refractivity contribution is 5.73. The molecule has 0 bridgehead atoms. The second-order valence-corrected chi connectivity index (χ2v) is 3.36. The van der Waals surface area contributed by atoms with E-state index in [-0.39, 0.29) is 26.2 Å². The van der Waals surface area contributed by atoms with Crippen molar-refractivity contribution in [2.75, 3.05) is 20.1 Å². The maximum Gasteiger partial charge on any atom is 0.335 e. The highest BCUT2D eigenvalue weighted by Gasteiger charge is 2.46. The number of carbonyl (C=O) groups is 1. The molecule has 3 N–H and O–H groups in total. The van der Waals surface area contributed by atoms with E-state index in [4.69, 9.17) is 29.8 Å². The third-order valence-corrected chi connectivity index (χ3v) is 2.52. The zero-order chi connectivity index (χ0) is 10.8. The lowest BCUT2D eigenvalue weighted by Gasteiger charge is -2.42. The molecule has 2 heterocycles. The average molecular weight is 219 g/mol. The van der Waals surface area contributed by atoms with Crippen LogP contribution in [-0.4, -0.2) is 55.6 Å². The summed E-state index contributed by atoms with van der Waals surface area (Å²) in [6.07, 6.45) is -2.48. The normalized spacial score (nSPS) is 40.9. The van der Waals surface area contributed by atoms with Gasteiger partial charge >= 0.3 is 5.97 Å². The molecule has 2 aliphatic rings. The molecular formula is C8H13NO6. The van der Waals surface area contributed by atoms with Gasteiger partial charge in [0.05, 0.1) is 0 Å². The number of carboxylic acids is 1. The first-order chi connectivity index (χ1) is 7.24. The first kappa shape index (κ1) is 10.8. The van der Waals surface area contributed by atoms with E-state index in [1.54, 1.807) is 0 Å². The van der Waals surface area contributed by atoms with Crippen molar-refractivity contribution < 1.29 is 28.8 Å². The lowest BCUT2D eigenvalue weighted by atomic mass is 10.0. The second kappa shape index (κ2) is 4.42. The summed E-state index contributed by atoms with van der Waals surface area (Å²) in [4.78, 5) is 10.9. The van der Waals surface area contributed by atoms with E-state index in [0.717, 1.165) is 0 Å². The fraction of sp³-hybridized carbons (Fsp3) is 0.875. The van der Waals surface area contributed by atoms with E-state index in [9.17, 15) is 4.79 Å². The minimum atomic E-state index is -1.06. The summed E-state index contributed by atoms with van der Waals surface area (Å²) in [5.41, 5.74) is 5.48. The van der Waals surface area contributed by atoms with E-state index < -0.39 is 24.3 Å². The Morgan fingerprint density at radius 2 is 1.87 bits per heavy atom. The molecule has 0 aliphatic carbocycles. The molecule has 0 saturated carbocycles. The molecule has 86 valence electrons. The monoisotopic (exact) mass is 219 g/mol. The third kappa shape index (κ3) is 1.97. The van der Waals surface area contributed by atoms with Gasteiger partial charge in [0.1, 0.15) is 31.9 Å². The molecule has 0 unspecified atom stereocenters. The lowest BCUT2D eigenvalue weighted by Crippen LogP contribution is -2.60. The largest absolute Gasteiger partial charge is 0.479 e. The predicted octanol–water partition coefficient (Wildman–Crippen LogP) is -1.49. The Kier molecular flexibility index (Phi) is 3.17. The zero-order valence-corrected chi connectivity index (χ0v) is 8.00. The van der Waals surface area contributed by atoms with Gasteiger partial charge in [-0.1, -0.05) is 0 Å². The van der Waals surface area contributed by atoms with Crippen LogP contribution in [0.15, 0.2) is 0 Å². The SMILES string of the molecule is NC[C@H]1OCO[C@@H]2[C@@H]1OCO[C@H]2C(=O)O. The molecule has 0 aromatic heterocycles. The molecule has 7 heteroatoms. The van der Waals surface area contributed by atoms with E-state index >= 15 is 0 Å². The van der Waals surface area contributed by atoms with Crippen LogP contribution in [0.25, 0.3) is 0 Å². The van der Waals surface area contributed by atoms with Gasteiger partial charge in [0, 0.05) is 6.54 Å². The number of carboxylic acid groups (broad SMARTS) is 1. The summed E-state index contributed by atoms with van der Waals surface area (Å²) in [5, 5.41) is 8.90. The van der Waals surface area contributed by atoms with E-state index in [1.165, 1.54) is 0 Å². The number of nitrogens with two attached hydrogens (primary N) is 1. The summed E-state index contributed by atoms with van der Waals surface area (Å²) >= 11 is 0. The lowest BCUT2D eigenvalue weighted by molar-refractivity contribution is -0.317. The molecule has 15 heavy (non-hydrogen) atoms. The molecule has 2 rings (SSSR count). The van der Waals surface area contributed by atoms with Gasteiger partial charge in [-0.05, 0) is 0 Å². The van der Waals surface area contributed by atoms with Crippen LogP contribution in [0.4, 0.5) is 0 Å². The summed E-state index contributed by atoms with van der Waals surface area (Å²) in [5.74, 6) is -1.06. The number of ether oxygens (including phenoxy) is 4. The van der Waals surface area contributed by atoms with Crippen molar-refractivity contribution in [3.8, 4) is 0 Å². The van der Waals surface area contributed by atoms with Gasteiger partial charge in [-0.25, -0.2) is 4.79 Å². The van der Waals surface area contributed by atoms with Crippen LogP contribution < -0.4 is 5.73 Å². The van der Waals surface area contributed by atoms with Crippen LogP contribution in [0.1, 0.15) is 0 Å². The van der Waals surface area contributed by atoms with Gasteiger partial charge < -0.3 is 29.8 Å². The van der Waals surface area contributed by atoms with Crippen LogP contribution in [-0.2, 0) is 23.7 Å². The van der Waals surface area contributed by atoms with Gasteiger partial charge in [0.25, 0.3) is 0 Å². The average Bonchev–Trinajstić information content (AvgIpc) is 2.27.